The van der Waals surface area contributed by atoms with E-state index < -0.39 is 10.0 Å². The maximum absolute atomic E-state index is 12.3. The molecule has 116 valence electrons. The van der Waals surface area contributed by atoms with E-state index in [0.717, 1.165) is 38.8 Å². The smallest absolute Gasteiger partial charge is 0.224 e. The lowest BCUT2D eigenvalue weighted by atomic mass is 9.97. The Morgan fingerprint density at radius 1 is 1.15 bits per heavy atom. The number of amides is 1. The number of piperidine rings is 2. The van der Waals surface area contributed by atoms with Gasteiger partial charge in [-0.15, -0.1) is 0 Å². The number of carbonyl (C=O) groups is 1. The number of hydrogen-bond donors (Lipinski definition) is 1. The van der Waals surface area contributed by atoms with Crippen molar-refractivity contribution in [1.82, 2.24) is 14.5 Å². The van der Waals surface area contributed by atoms with Crippen LogP contribution < -0.4 is 5.32 Å². The summed E-state index contributed by atoms with van der Waals surface area (Å²) in [6, 6.07) is 0.243. The van der Waals surface area contributed by atoms with Crippen LogP contribution in [0.1, 0.15) is 25.7 Å². The molecule has 7 heteroatoms. The Labute approximate surface area is 121 Å². The lowest BCUT2D eigenvalue weighted by Crippen LogP contribution is -2.49. The van der Waals surface area contributed by atoms with Gasteiger partial charge in [0.15, 0.2) is 0 Å². The van der Waals surface area contributed by atoms with E-state index in [2.05, 4.69) is 17.3 Å². The van der Waals surface area contributed by atoms with Gasteiger partial charge in [-0.25, -0.2) is 12.7 Å². The zero-order chi connectivity index (χ0) is 14.8. The van der Waals surface area contributed by atoms with Crippen molar-refractivity contribution in [2.45, 2.75) is 31.7 Å². The second-order valence-electron chi connectivity index (χ2n) is 6.05. The van der Waals surface area contributed by atoms with Crippen molar-refractivity contribution in [2.24, 2.45) is 5.92 Å². The molecule has 0 aromatic heterocycles. The summed E-state index contributed by atoms with van der Waals surface area (Å²) < 4.78 is 24.6. The van der Waals surface area contributed by atoms with Crippen molar-refractivity contribution < 1.29 is 13.2 Å². The van der Waals surface area contributed by atoms with E-state index in [9.17, 15) is 13.2 Å². The summed E-state index contributed by atoms with van der Waals surface area (Å²) in [5, 5.41) is 3.09. The fourth-order valence-electron chi connectivity index (χ4n) is 2.93. The first-order chi connectivity index (χ1) is 9.36. The van der Waals surface area contributed by atoms with Crippen LogP contribution in [0.4, 0.5) is 0 Å². The first kappa shape index (κ1) is 15.7. The van der Waals surface area contributed by atoms with E-state index in [1.54, 1.807) is 0 Å². The van der Waals surface area contributed by atoms with Crippen LogP contribution >= 0.6 is 0 Å². The first-order valence-corrected chi connectivity index (χ1v) is 9.15. The standard InChI is InChI=1S/C13H25N3O3S/c1-15-8-5-12(6-9-15)14-13(17)11-4-3-7-16(10-11)20(2,18)19/h11-12H,3-10H2,1-2H3,(H,14,17)/t11-/m0/s1. The highest BCUT2D eigenvalue weighted by Gasteiger charge is 2.31. The van der Waals surface area contributed by atoms with E-state index in [1.165, 1.54) is 10.6 Å². The number of hydrogen-bond acceptors (Lipinski definition) is 4. The van der Waals surface area contributed by atoms with Crippen molar-refractivity contribution in [3.8, 4) is 0 Å². The van der Waals surface area contributed by atoms with Gasteiger partial charge < -0.3 is 10.2 Å². The second-order valence-corrected chi connectivity index (χ2v) is 8.03. The van der Waals surface area contributed by atoms with Crippen molar-refractivity contribution >= 4 is 15.9 Å². The summed E-state index contributed by atoms with van der Waals surface area (Å²) in [6.45, 7) is 2.88. The molecule has 2 aliphatic rings. The monoisotopic (exact) mass is 303 g/mol. The molecule has 0 aromatic rings. The van der Waals surface area contributed by atoms with Gasteiger partial charge in [0.1, 0.15) is 0 Å². The minimum absolute atomic E-state index is 0.0212. The largest absolute Gasteiger partial charge is 0.353 e. The van der Waals surface area contributed by atoms with E-state index in [1.807, 2.05) is 0 Å². The highest BCUT2D eigenvalue weighted by Crippen LogP contribution is 2.19. The molecule has 0 unspecified atom stereocenters. The Kier molecular flexibility index (Phi) is 5.04. The molecule has 0 bridgehead atoms. The van der Waals surface area contributed by atoms with Crippen LogP contribution in [-0.4, -0.2) is 69.1 Å². The Balaban J connectivity index is 1.86. The van der Waals surface area contributed by atoms with Gasteiger partial charge in [0.25, 0.3) is 0 Å². The number of rotatable bonds is 3. The van der Waals surface area contributed by atoms with Gasteiger partial charge in [-0.3, -0.25) is 4.79 Å². The lowest BCUT2D eigenvalue weighted by molar-refractivity contribution is -0.127. The summed E-state index contributed by atoms with van der Waals surface area (Å²) in [6.07, 6.45) is 4.71. The molecule has 0 radical (unpaired) electrons. The normalized spacial score (nSPS) is 27.4. The molecule has 2 fully saturated rings. The third kappa shape index (κ3) is 4.17. The Morgan fingerprint density at radius 3 is 2.40 bits per heavy atom. The molecule has 20 heavy (non-hydrogen) atoms. The summed E-state index contributed by atoms with van der Waals surface area (Å²) in [7, 11) is -1.10. The number of carbonyl (C=O) groups excluding carboxylic acids is 1. The van der Waals surface area contributed by atoms with Crippen LogP contribution in [0.5, 0.6) is 0 Å². The molecule has 0 aromatic carbocycles. The Bertz CT molecular complexity index is 444. The minimum atomic E-state index is -3.19. The SMILES string of the molecule is CN1CCC(NC(=O)[C@H]2CCCN(S(C)(=O)=O)C2)CC1. The van der Waals surface area contributed by atoms with E-state index in [4.69, 9.17) is 0 Å². The van der Waals surface area contributed by atoms with Gasteiger partial charge in [0.05, 0.1) is 12.2 Å². The number of sulfonamides is 1. The van der Waals surface area contributed by atoms with Gasteiger partial charge in [-0.05, 0) is 45.8 Å². The van der Waals surface area contributed by atoms with Crippen molar-refractivity contribution in [3.63, 3.8) is 0 Å². The molecule has 2 aliphatic heterocycles. The van der Waals surface area contributed by atoms with E-state index >= 15 is 0 Å². The zero-order valence-electron chi connectivity index (χ0n) is 12.3. The summed E-state index contributed by atoms with van der Waals surface area (Å²) in [5.41, 5.74) is 0. The molecule has 2 heterocycles. The highest BCUT2D eigenvalue weighted by molar-refractivity contribution is 7.88. The summed E-state index contributed by atoms with van der Waals surface area (Å²) in [4.78, 5) is 14.5. The van der Waals surface area contributed by atoms with Crippen LogP contribution in [0.3, 0.4) is 0 Å². The van der Waals surface area contributed by atoms with Crippen LogP contribution in [0.25, 0.3) is 0 Å². The third-order valence-electron chi connectivity index (χ3n) is 4.29. The molecule has 2 rings (SSSR count). The van der Waals surface area contributed by atoms with Gasteiger partial charge >= 0.3 is 0 Å². The second kappa shape index (κ2) is 6.41. The fraction of sp³-hybridized carbons (Fsp3) is 0.923. The quantitative estimate of drug-likeness (QED) is 0.788. The highest BCUT2D eigenvalue weighted by atomic mass is 32.2. The Hall–Kier alpha value is -0.660. The van der Waals surface area contributed by atoms with Gasteiger partial charge in [-0.1, -0.05) is 0 Å². The number of nitrogens with one attached hydrogen (secondary N) is 1. The molecule has 1 N–H and O–H groups in total. The first-order valence-electron chi connectivity index (χ1n) is 7.30. The van der Waals surface area contributed by atoms with Crippen LogP contribution in [0, 0.1) is 5.92 Å². The lowest BCUT2D eigenvalue weighted by Gasteiger charge is -2.33. The third-order valence-corrected chi connectivity index (χ3v) is 5.56. The fourth-order valence-corrected chi connectivity index (χ4v) is 3.84. The van der Waals surface area contributed by atoms with Crippen LogP contribution in [0.15, 0.2) is 0 Å². The molecular formula is C13H25N3O3S. The topological polar surface area (TPSA) is 69.7 Å². The van der Waals surface area contributed by atoms with E-state index in [-0.39, 0.29) is 17.9 Å². The number of nitrogens with zero attached hydrogens (tertiary/aromatic N) is 2. The predicted octanol–water partition coefficient (Wildman–Crippen LogP) is -0.132. The maximum atomic E-state index is 12.3. The molecule has 2 saturated heterocycles. The van der Waals surface area contributed by atoms with Crippen LogP contribution in [-0.2, 0) is 14.8 Å². The van der Waals surface area contributed by atoms with Gasteiger partial charge in [0, 0.05) is 19.1 Å². The molecular weight excluding hydrogens is 278 g/mol. The average molecular weight is 303 g/mol. The van der Waals surface area contributed by atoms with Crippen molar-refractivity contribution in [1.29, 1.82) is 0 Å². The molecule has 6 nitrogen and oxygen atoms in total. The van der Waals surface area contributed by atoms with Gasteiger partial charge in [0.2, 0.25) is 15.9 Å². The van der Waals surface area contributed by atoms with Crippen molar-refractivity contribution in [2.75, 3.05) is 39.5 Å². The maximum Gasteiger partial charge on any atom is 0.224 e. The van der Waals surface area contributed by atoms with Crippen LogP contribution in [0.2, 0.25) is 0 Å². The molecule has 1 atom stereocenters. The predicted molar refractivity (Wildman–Crippen MR) is 77.8 cm³/mol. The zero-order valence-corrected chi connectivity index (χ0v) is 13.2. The number of likely N-dealkylation sites (tertiary alicyclic amines) is 1. The van der Waals surface area contributed by atoms with Gasteiger partial charge in [-0.2, -0.15) is 0 Å². The average Bonchev–Trinajstić information content (AvgIpc) is 2.40. The minimum Gasteiger partial charge on any atom is -0.353 e. The Morgan fingerprint density at radius 2 is 1.80 bits per heavy atom. The van der Waals surface area contributed by atoms with E-state index in [0.29, 0.717) is 13.1 Å². The summed E-state index contributed by atoms with van der Waals surface area (Å²) >= 11 is 0. The molecule has 1 amide bonds. The molecule has 0 saturated carbocycles. The molecule has 0 spiro atoms. The summed E-state index contributed by atoms with van der Waals surface area (Å²) in [5.74, 6) is -0.175. The van der Waals surface area contributed by atoms with Crippen molar-refractivity contribution in [3.05, 3.63) is 0 Å². The molecule has 0 aliphatic carbocycles.